The van der Waals surface area contributed by atoms with Crippen LogP contribution in [0.1, 0.15) is 19.4 Å². The fourth-order valence-electron chi connectivity index (χ4n) is 2.05. The smallest absolute Gasteiger partial charge is 0.161 e. The van der Waals surface area contributed by atoms with Gasteiger partial charge >= 0.3 is 0 Å². The van der Waals surface area contributed by atoms with Crippen LogP contribution in [0.15, 0.2) is 18.2 Å². The average molecular weight is 251 g/mol. The summed E-state index contributed by atoms with van der Waals surface area (Å²) in [4.78, 5) is 0. The number of benzene rings is 1. The molecule has 4 heteroatoms. The van der Waals surface area contributed by atoms with Gasteiger partial charge in [-0.15, -0.1) is 0 Å². The summed E-state index contributed by atoms with van der Waals surface area (Å²) in [6, 6.07) is 6.10. The number of hydrogen-bond acceptors (Lipinski definition) is 4. The minimum atomic E-state index is -0.00892. The Balaban J connectivity index is 2.11. The third-order valence-corrected chi connectivity index (χ3v) is 3.18. The van der Waals surface area contributed by atoms with Crippen molar-refractivity contribution in [3.05, 3.63) is 23.8 Å². The van der Waals surface area contributed by atoms with Crippen molar-refractivity contribution in [1.29, 1.82) is 0 Å². The third-order valence-electron chi connectivity index (χ3n) is 3.18. The molecule has 4 nitrogen and oxygen atoms in total. The fraction of sp³-hybridized carbons (Fsp3) is 0.571. The van der Waals surface area contributed by atoms with Gasteiger partial charge in [-0.2, -0.15) is 0 Å². The van der Waals surface area contributed by atoms with E-state index in [0.717, 1.165) is 18.0 Å². The third kappa shape index (κ3) is 2.94. The van der Waals surface area contributed by atoms with E-state index in [0.29, 0.717) is 19.8 Å². The molecule has 1 aromatic carbocycles. The van der Waals surface area contributed by atoms with Gasteiger partial charge in [0.15, 0.2) is 11.5 Å². The van der Waals surface area contributed by atoms with E-state index in [2.05, 4.69) is 31.3 Å². The standard InChI is InChI=1S/C14H21NO3/c1-14(2,10-15-5-6-16)11-3-4-12-13(9-11)18-8-7-17-12/h3-4,9,15-16H,5-8,10H2,1-2H3. The second-order valence-corrected chi connectivity index (χ2v) is 5.14. The lowest BCUT2D eigenvalue weighted by Crippen LogP contribution is -2.34. The predicted molar refractivity (Wildman–Crippen MR) is 70.4 cm³/mol. The maximum atomic E-state index is 8.79. The summed E-state index contributed by atoms with van der Waals surface area (Å²) in [6.07, 6.45) is 0. The molecule has 0 aromatic heterocycles. The second kappa shape index (κ2) is 5.59. The molecule has 0 fully saturated rings. The molecule has 100 valence electrons. The molecule has 1 aromatic rings. The van der Waals surface area contributed by atoms with Crippen molar-refractivity contribution in [2.45, 2.75) is 19.3 Å². The topological polar surface area (TPSA) is 50.7 Å². The van der Waals surface area contributed by atoms with Crippen LogP contribution in [0.2, 0.25) is 0 Å². The second-order valence-electron chi connectivity index (χ2n) is 5.14. The number of nitrogens with one attached hydrogen (secondary N) is 1. The van der Waals surface area contributed by atoms with Crippen LogP contribution in [0.5, 0.6) is 11.5 Å². The maximum Gasteiger partial charge on any atom is 0.161 e. The molecule has 0 bridgehead atoms. The molecule has 1 aliphatic rings. The molecule has 0 amide bonds. The van der Waals surface area contributed by atoms with Crippen molar-refractivity contribution in [3.63, 3.8) is 0 Å². The maximum absolute atomic E-state index is 8.79. The number of ether oxygens (including phenoxy) is 2. The molecule has 0 saturated carbocycles. The Hall–Kier alpha value is -1.26. The number of aliphatic hydroxyl groups is 1. The van der Waals surface area contributed by atoms with Crippen LogP contribution < -0.4 is 14.8 Å². The van der Waals surface area contributed by atoms with Gasteiger partial charge in [0.25, 0.3) is 0 Å². The normalized spacial score (nSPS) is 14.6. The van der Waals surface area contributed by atoms with E-state index >= 15 is 0 Å². The minimum absolute atomic E-state index is 0.00892. The Morgan fingerprint density at radius 2 is 1.94 bits per heavy atom. The molecule has 0 atom stereocenters. The molecule has 0 aliphatic carbocycles. The van der Waals surface area contributed by atoms with E-state index in [1.807, 2.05) is 6.07 Å². The van der Waals surface area contributed by atoms with Gasteiger partial charge in [-0.25, -0.2) is 0 Å². The average Bonchev–Trinajstić information content (AvgIpc) is 2.38. The van der Waals surface area contributed by atoms with Gasteiger partial charge in [-0.3, -0.25) is 0 Å². The van der Waals surface area contributed by atoms with E-state index in [-0.39, 0.29) is 12.0 Å². The van der Waals surface area contributed by atoms with E-state index < -0.39 is 0 Å². The molecule has 1 aliphatic heterocycles. The Labute approximate surface area is 108 Å². The first-order chi connectivity index (χ1) is 8.63. The van der Waals surface area contributed by atoms with Crippen molar-refractivity contribution >= 4 is 0 Å². The number of hydrogen-bond donors (Lipinski definition) is 2. The van der Waals surface area contributed by atoms with Gasteiger partial charge in [0.1, 0.15) is 13.2 Å². The van der Waals surface area contributed by atoms with Crippen molar-refractivity contribution in [1.82, 2.24) is 5.32 Å². The molecule has 0 radical (unpaired) electrons. The monoisotopic (exact) mass is 251 g/mol. The summed E-state index contributed by atoms with van der Waals surface area (Å²) in [5.41, 5.74) is 1.20. The Morgan fingerprint density at radius 1 is 1.22 bits per heavy atom. The lowest BCUT2D eigenvalue weighted by molar-refractivity contribution is 0.171. The quantitative estimate of drug-likeness (QED) is 0.775. The Bertz CT molecular complexity index is 404. The molecule has 2 N–H and O–H groups in total. The van der Waals surface area contributed by atoms with Gasteiger partial charge < -0.3 is 19.9 Å². The zero-order valence-electron chi connectivity index (χ0n) is 11.0. The summed E-state index contributed by atoms with van der Waals surface area (Å²) in [5, 5.41) is 12.0. The molecule has 18 heavy (non-hydrogen) atoms. The lowest BCUT2D eigenvalue weighted by Gasteiger charge is -2.27. The highest BCUT2D eigenvalue weighted by Crippen LogP contribution is 2.34. The van der Waals surface area contributed by atoms with Crippen molar-refractivity contribution < 1.29 is 14.6 Å². The van der Waals surface area contributed by atoms with Crippen LogP contribution in [0, 0.1) is 0 Å². The zero-order chi connectivity index (χ0) is 13.0. The van der Waals surface area contributed by atoms with Crippen LogP contribution in [0.4, 0.5) is 0 Å². The molecule has 2 rings (SSSR count). The Kier molecular flexibility index (Phi) is 4.09. The summed E-state index contributed by atoms with van der Waals surface area (Å²) < 4.78 is 11.1. The van der Waals surface area contributed by atoms with E-state index in [1.165, 1.54) is 5.56 Å². The van der Waals surface area contributed by atoms with Crippen LogP contribution in [-0.2, 0) is 5.41 Å². The zero-order valence-corrected chi connectivity index (χ0v) is 11.0. The molecule has 0 saturated heterocycles. The van der Waals surface area contributed by atoms with E-state index in [4.69, 9.17) is 14.6 Å². The lowest BCUT2D eigenvalue weighted by atomic mass is 9.84. The molecular formula is C14H21NO3. The van der Waals surface area contributed by atoms with Crippen LogP contribution in [-0.4, -0.2) is 38.0 Å². The summed E-state index contributed by atoms with van der Waals surface area (Å²) >= 11 is 0. The Morgan fingerprint density at radius 3 is 2.67 bits per heavy atom. The SMILES string of the molecule is CC(C)(CNCCO)c1ccc2c(c1)OCCO2. The first-order valence-corrected chi connectivity index (χ1v) is 6.35. The number of rotatable bonds is 5. The minimum Gasteiger partial charge on any atom is -0.486 e. The van der Waals surface area contributed by atoms with Gasteiger partial charge in [0, 0.05) is 18.5 Å². The number of aliphatic hydroxyl groups excluding tert-OH is 1. The van der Waals surface area contributed by atoms with Crippen LogP contribution in [0.3, 0.4) is 0 Å². The van der Waals surface area contributed by atoms with Gasteiger partial charge in [-0.1, -0.05) is 19.9 Å². The highest BCUT2D eigenvalue weighted by Gasteiger charge is 2.22. The van der Waals surface area contributed by atoms with Crippen molar-refractivity contribution in [3.8, 4) is 11.5 Å². The van der Waals surface area contributed by atoms with Gasteiger partial charge in [0.05, 0.1) is 6.61 Å². The molecule has 0 unspecified atom stereocenters. The van der Waals surface area contributed by atoms with Gasteiger partial charge in [-0.05, 0) is 17.7 Å². The number of fused-ring (bicyclic) bond motifs is 1. The first-order valence-electron chi connectivity index (χ1n) is 6.35. The highest BCUT2D eigenvalue weighted by molar-refractivity contribution is 5.45. The first kappa shape index (κ1) is 13.2. The summed E-state index contributed by atoms with van der Waals surface area (Å²) in [6.45, 7) is 7.16. The van der Waals surface area contributed by atoms with Crippen LogP contribution in [0.25, 0.3) is 0 Å². The highest BCUT2D eigenvalue weighted by atomic mass is 16.6. The fourth-order valence-corrected chi connectivity index (χ4v) is 2.05. The summed E-state index contributed by atoms with van der Waals surface area (Å²) in [5.74, 6) is 1.65. The largest absolute Gasteiger partial charge is 0.486 e. The van der Waals surface area contributed by atoms with Crippen molar-refractivity contribution in [2.24, 2.45) is 0 Å². The molecular weight excluding hydrogens is 230 g/mol. The van der Waals surface area contributed by atoms with Crippen molar-refractivity contribution in [2.75, 3.05) is 32.9 Å². The van der Waals surface area contributed by atoms with E-state index in [1.54, 1.807) is 0 Å². The van der Waals surface area contributed by atoms with Crippen LogP contribution >= 0.6 is 0 Å². The molecule has 1 heterocycles. The van der Waals surface area contributed by atoms with E-state index in [9.17, 15) is 0 Å². The molecule has 0 spiro atoms. The summed E-state index contributed by atoms with van der Waals surface area (Å²) in [7, 11) is 0. The predicted octanol–water partition coefficient (Wildman–Crippen LogP) is 1.32. The van der Waals surface area contributed by atoms with Gasteiger partial charge in [0.2, 0.25) is 0 Å².